The minimum Gasteiger partial charge on any atom is -0.493 e. The van der Waals surface area contributed by atoms with Crippen molar-refractivity contribution in [3.63, 3.8) is 0 Å². The Morgan fingerprint density at radius 3 is 1.89 bits per heavy atom. The third-order valence-electron chi connectivity index (χ3n) is 8.72. The maximum atomic E-state index is 9.23. The van der Waals surface area contributed by atoms with Crippen LogP contribution in [-0.4, -0.2) is 62.0 Å². The van der Waals surface area contributed by atoms with Crippen LogP contribution in [0.15, 0.2) is 128 Å². The van der Waals surface area contributed by atoms with Gasteiger partial charge in [-0.1, -0.05) is 104 Å². The van der Waals surface area contributed by atoms with Crippen LogP contribution in [0.1, 0.15) is 71.4 Å². The van der Waals surface area contributed by atoms with Gasteiger partial charge in [0.25, 0.3) is 8.53 Å². The summed E-state index contributed by atoms with van der Waals surface area (Å²) in [4.78, 5) is 0. The number of hydrogen-bond donors (Lipinski definition) is 0. The molecular weight excluding hydrogens is 695 g/mol. The van der Waals surface area contributed by atoms with Crippen molar-refractivity contribution in [3.05, 3.63) is 145 Å². The quantitative estimate of drug-likeness (QED) is 0.0387. The van der Waals surface area contributed by atoms with Gasteiger partial charge in [0.2, 0.25) is 0 Å². The molecule has 0 bridgehead atoms. The number of allylic oxidation sites excluding steroid dienone is 4. The van der Waals surface area contributed by atoms with Crippen LogP contribution in [0.4, 0.5) is 0 Å². The van der Waals surface area contributed by atoms with E-state index in [0.29, 0.717) is 19.6 Å². The molecule has 3 aromatic rings. The van der Waals surface area contributed by atoms with E-state index in [-0.39, 0.29) is 31.7 Å². The summed E-state index contributed by atoms with van der Waals surface area (Å²) in [6, 6.07) is 28.6. The average molecular weight is 755 g/mol. The van der Waals surface area contributed by atoms with Gasteiger partial charge < -0.3 is 28.0 Å². The molecule has 0 aromatic heterocycles. The van der Waals surface area contributed by atoms with Crippen LogP contribution in [0.3, 0.4) is 0 Å². The Kier molecular flexibility index (Phi) is 17.5. The predicted molar refractivity (Wildman–Crippen MR) is 219 cm³/mol. The molecule has 1 aliphatic rings. The Balaban J connectivity index is 1.71. The van der Waals surface area contributed by atoms with Gasteiger partial charge in [0.15, 0.2) is 0 Å². The third-order valence-corrected chi connectivity index (χ3v) is 10.9. The molecule has 1 heterocycles. The first kappa shape index (κ1) is 41.1. The standard InChI is InChI=1S/C45H57N2O6P/c1-7-9-11-16-31-48-41-25-21-39(22-26-41)45(38-19-14-13-15-20-38,40-23-27-42(28-24-40)49-32-17-12-10-8-2)51-35-44-43(29-34-50-44)53-54(52-33-18-30-46)47(36(3)4)37(5)6/h7-15,19-28,36-37,43-44H,1-2,16-18,29,31-35H2,3-6H3/b11-9+,12-10+/t43-,44-,54?/m1/s1/i34T/t34?,43-,44-,54?. The first-order valence-corrected chi connectivity index (χ1v) is 19.9. The summed E-state index contributed by atoms with van der Waals surface area (Å²) in [5.41, 5.74) is 1.63. The summed E-state index contributed by atoms with van der Waals surface area (Å²) < 4.78 is 49.4. The van der Waals surface area contributed by atoms with Gasteiger partial charge in [-0.15, -0.1) is 0 Å². The Bertz CT molecular complexity index is 1600. The van der Waals surface area contributed by atoms with Gasteiger partial charge in [-0.25, -0.2) is 4.67 Å². The highest BCUT2D eigenvalue weighted by Gasteiger charge is 2.42. The van der Waals surface area contributed by atoms with E-state index in [2.05, 4.69) is 63.7 Å². The Morgan fingerprint density at radius 1 is 0.852 bits per heavy atom. The molecule has 0 radical (unpaired) electrons. The number of nitrogens with zero attached hydrogens (tertiary/aromatic N) is 2. The van der Waals surface area contributed by atoms with Crippen molar-refractivity contribution in [1.29, 1.82) is 5.26 Å². The molecule has 2 unspecified atom stereocenters. The third kappa shape index (κ3) is 12.2. The number of hydrogen-bond acceptors (Lipinski definition) is 8. The van der Waals surface area contributed by atoms with Gasteiger partial charge >= 0.3 is 0 Å². The van der Waals surface area contributed by atoms with Crippen molar-refractivity contribution in [2.45, 2.75) is 83.3 Å². The highest BCUT2D eigenvalue weighted by molar-refractivity contribution is 7.44. The molecule has 288 valence electrons. The minimum atomic E-state index is -1.55. The minimum absolute atomic E-state index is 0.126. The molecule has 1 fully saturated rings. The monoisotopic (exact) mass is 754 g/mol. The van der Waals surface area contributed by atoms with Crippen molar-refractivity contribution in [2.24, 2.45) is 0 Å². The Labute approximate surface area is 326 Å². The zero-order chi connectivity index (χ0) is 39.5. The maximum absolute atomic E-state index is 9.23. The molecule has 3 aromatic carbocycles. The van der Waals surface area contributed by atoms with E-state index in [1.807, 2.05) is 91.0 Å². The zero-order valence-corrected chi connectivity index (χ0v) is 33.1. The maximum Gasteiger partial charge on any atom is 0.259 e. The molecular formula is C45H57N2O6P. The average Bonchev–Trinajstić information content (AvgIpc) is 3.54. The van der Waals surface area contributed by atoms with Crippen molar-refractivity contribution in [3.8, 4) is 17.6 Å². The lowest BCUT2D eigenvalue weighted by Gasteiger charge is -2.39. The molecule has 1 saturated heterocycles. The van der Waals surface area contributed by atoms with Crippen LogP contribution in [0.5, 0.6) is 11.5 Å². The summed E-state index contributed by atoms with van der Waals surface area (Å²) in [6.07, 6.45) is 12.5. The normalized spacial score (nSPS) is 18.3. The van der Waals surface area contributed by atoms with Crippen LogP contribution >= 0.6 is 8.53 Å². The van der Waals surface area contributed by atoms with Crippen molar-refractivity contribution in [1.82, 2.24) is 4.67 Å². The van der Waals surface area contributed by atoms with Gasteiger partial charge in [0, 0.05) is 25.1 Å². The summed E-state index contributed by atoms with van der Waals surface area (Å²) in [6.45, 7) is 16.5. The van der Waals surface area contributed by atoms with E-state index in [0.717, 1.165) is 41.0 Å². The van der Waals surface area contributed by atoms with Crippen LogP contribution < -0.4 is 9.47 Å². The van der Waals surface area contributed by atoms with E-state index in [1.165, 1.54) is 0 Å². The molecule has 4 atom stereocenters. The first-order chi connectivity index (χ1) is 26.7. The number of ether oxygens (including phenoxy) is 4. The van der Waals surface area contributed by atoms with E-state index in [9.17, 15) is 5.26 Å². The highest BCUT2D eigenvalue weighted by Crippen LogP contribution is 2.49. The fourth-order valence-electron chi connectivity index (χ4n) is 6.26. The molecule has 8 nitrogen and oxygen atoms in total. The number of nitriles is 1. The van der Waals surface area contributed by atoms with Gasteiger partial charge in [-0.2, -0.15) is 5.26 Å². The van der Waals surface area contributed by atoms with Crippen LogP contribution in [0.25, 0.3) is 0 Å². The number of rotatable bonds is 24. The summed E-state index contributed by atoms with van der Waals surface area (Å²) in [7, 11) is -1.55. The van der Waals surface area contributed by atoms with E-state index in [4.69, 9.17) is 29.4 Å². The molecule has 0 spiro atoms. The van der Waals surface area contributed by atoms with E-state index in [1.54, 1.807) is 12.2 Å². The molecule has 4 rings (SSSR count). The summed E-state index contributed by atoms with van der Waals surface area (Å²) in [5, 5.41) is 9.23. The smallest absolute Gasteiger partial charge is 0.259 e. The molecule has 0 N–H and O–H groups in total. The zero-order valence-electron chi connectivity index (χ0n) is 33.2. The summed E-state index contributed by atoms with van der Waals surface area (Å²) >= 11 is 0. The molecule has 9 heteroatoms. The SMILES string of the molecule is [3H]C1C[C@@H](OP(OCCC#N)N(C(C)C)C(C)C)[C@@H](COC(c2ccccc2)(c2ccc(OCC/C=C/C=C)cc2)c2ccc(OCC/C=C/C=C)cc2)O1. The summed E-state index contributed by atoms with van der Waals surface area (Å²) in [5.74, 6) is 1.50. The van der Waals surface area contributed by atoms with Crippen LogP contribution in [0, 0.1) is 11.3 Å². The van der Waals surface area contributed by atoms with Crippen LogP contribution in [-0.2, 0) is 24.1 Å². The van der Waals surface area contributed by atoms with Gasteiger partial charge in [-0.05, 0) is 81.5 Å². The van der Waals surface area contributed by atoms with Gasteiger partial charge in [0.05, 0.1) is 46.4 Å². The van der Waals surface area contributed by atoms with Gasteiger partial charge in [-0.3, -0.25) is 0 Å². The largest absolute Gasteiger partial charge is 0.493 e. The van der Waals surface area contributed by atoms with E-state index >= 15 is 0 Å². The lowest BCUT2D eigenvalue weighted by molar-refractivity contribution is -0.0673. The van der Waals surface area contributed by atoms with E-state index < -0.39 is 32.9 Å². The second-order valence-electron chi connectivity index (χ2n) is 13.3. The molecule has 0 saturated carbocycles. The second-order valence-corrected chi connectivity index (χ2v) is 14.7. The molecule has 1 aliphatic heterocycles. The molecule has 0 aliphatic carbocycles. The van der Waals surface area contributed by atoms with Crippen molar-refractivity contribution < 1.29 is 29.4 Å². The lowest BCUT2D eigenvalue weighted by Crippen LogP contribution is -2.39. The highest BCUT2D eigenvalue weighted by atomic mass is 31.2. The molecule has 54 heavy (non-hydrogen) atoms. The fraction of sp³-hybridized carbons (Fsp3) is 0.400. The lowest BCUT2D eigenvalue weighted by atomic mass is 9.80. The second kappa shape index (κ2) is 23.0. The predicted octanol–water partition coefficient (Wildman–Crippen LogP) is 10.5. The van der Waals surface area contributed by atoms with Crippen LogP contribution in [0.2, 0.25) is 0 Å². The van der Waals surface area contributed by atoms with Crippen molar-refractivity contribution in [2.75, 3.05) is 33.0 Å². The Hall–Kier alpha value is -4.06. The fourth-order valence-corrected chi connectivity index (χ4v) is 8.02. The number of benzene rings is 3. The van der Waals surface area contributed by atoms with Crippen molar-refractivity contribution >= 4 is 8.53 Å². The first-order valence-electron chi connectivity index (χ1n) is 19.3. The Morgan fingerprint density at radius 2 is 1.39 bits per heavy atom. The van der Waals surface area contributed by atoms with Gasteiger partial charge in [0.1, 0.15) is 23.2 Å². The topological polar surface area (TPSA) is 82.4 Å². The molecule has 0 amide bonds.